The first-order valence-corrected chi connectivity index (χ1v) is 7.97. The fourth-order valence-corrected chi connectivity index (χ4v) is 4.19. The first kappa shape index (κ1) is 14.4. The minimum absolute atomic E-state index is 0.105. The van der Waals surface area contributed by atoms with Gasteiger partial charge in [0.05, 0.1) is 0 Å². The zero-order valence-corrected chi connectivity index (χ0v) is 12.7. The summed E-state index contributed by atoms with van der Waals surface area (Å²) < 4.78 is 42.1. The minimum Gasteiger partial charge on any atom is -0.207 e. The van der Waals surface area contributed by atoms with E-state index in [1.54, 1.807) is 11.8 Å². The third kappa shape index (κ3) is 2.34. The van der Waals surface area contributed by atoms with Crippen LogP contribution in [0.1, 0.15) is 22.6 Å². The van der Waals surface area contributed by atoms with E-state index >= 15 is 0 Å². The summed E-state index contributed by atoms with van der Waals surface area (Å²) in [6.45, 7) is 0. The van der Waals surface area contributed by atoms with E-state index in [1.165, 1.54) is 0 Å². The van der Waals surface area contributed by atoms with Gasteiger partial charge in [-0.1, -0.05) is 48.2 Å². The van der Waals surface area contributed by atoms with Gasteiger partial charge in [0.15, 0.2) is 0 Å². The molecule has 0 saturated carbocycles. The molecule has 0 bridgehead atoms. The smallest absolute Gasteiger partial charge is 0.133 e. The molecule has 0 saturated heterocycles. The molecule has 0 radical (unpaired) electrons. The van der Waals surface area contributed by atoms with E-state index in [0.29, 0.717) is 0 Å². The molecule has 3 aromatic rings. The predicted molar refractivity (Wildman–Crippen MR) is 84.3 cm³/mol. The fraction of sp³-hybridized carbons (Fsp3) is 0.0526. The van der Waals surface area contributed by atoms with E-state index in [0.717, 1.165) is 33.1 Å². The summed E-state index contributed by atoms with van der Waals surface area (Å²) >= 11 is 1.58. The molecule has 1 heterocycles. The zero-order valence-electron chi connectivity index (χ0n) is 11.9. The number of hydrogen-bond acceptors (Lipinski definition) is 1. The van der Waals surface area contributed by atoms with Crippen LogP contribution in [0.3, 0.4) is 0 Å². The number of halogens is 3. The average Bonchev–Trinajstić information content (AvgIpc) is 2.53. The molecule has 0 spiro atoms. The second-order valence-corrected chi connectivity index (χ2v) is 6.48. The Bertz CT molecular complexity index is 836. The van der Waals surface area contributed by atoms with Crippen molar-refractivity contribution in [3.63, 3.8) is 0 Å². The van der Waals surface area contributed by atoms with Crippen molar-refractivity contribution in [3.8, 4) is 0 Å². The molecule has 0 nitrogen and oxygen atoms in total. The Labute approximate surface area is 136 Å². The van der Waals surface area contributed by atoms with E-state index in [2.05, 4.69) is 0 Å². The van der Waals surface area contributed by atoms with Crippen LogP contribution < -0.4 is 0 Å². The van der Waals surface area contributed by atoms with Crippen LogP contribution in [0.4, 0.5) is 13.2 Å². The highest BCUT2D eigenvalue weighted by atomic mass is 32.2. The van der Waals surface area contributed by atoms with Crippen LogP contribution in [0.2, 0.25) is 0 Å². The Hall–Kier alpha value is -2.20. The molecule has 0 fully saturated rings. The summed E-state index contributed by atoms with van der Waals surface area (Å²) in [4.78, 5) is 1.92. The molecular formula is C19H11F3S. The van der Waals surface area contributed by atoms with E-state index in [-0.39, 0.29) is 5.56 Å². The summed E-state index contributed by atoms with van der Waals surface area (Å²) in [6, 6.07) is 16.6. The highest BCUT2D eigenvalue weighted by molar-refractivity contribution is 7.99. The van der Waals surface area contributed by atoms with Crippen molar-refractivity contribution < 1.29 is 13.2 Å². The van der Waals surface area contributed by atoms with Crippen molar-refractivity contribution in [2.75, 3.05) is 0 Å². The molecule has 3 aromatic carbocycles. The SMILES string of the molecule is Fc1cc(F)c(C2c3ccccc3Sc3ccccc32)c(F)c1. The van der Waals surface area contributed by atoms with Gasteiger partial charge in [0.1, 0.15) is 17.5 Å². The maximum atomic E-state index is 14.4. The van der Waals surface area contributed by atoms with Gasteiger partial charge < -0.3 is 0 Å². The third-order valence-electron chi connectivity index (χ3n) is 4.01. The van der Waals surface area contributed by atoms with E-state index in [1.807, 2.05) is 48.5 Å². The molecule has 1 aliphatic heterocycles. The first-order valence-electron chi connectivity index (χ1n) is 7.15. The lowest BCUT2D eigenvalue weighted by Gasteiger charge is -2.28. The molecule has 1 aliphatic rings. The fourth-order valence-electron chi connectivity index (χ4n) is 3.05. The van der Waals surface area contributed by atoms with E-state index in [9.17, 15) is 13.2 Å². The average molecular weight is 328 g/mol. The third-order valence-corrected chi connectivity index (χ3v) is 5.20. The standard InChI is InChI=1S/C19H11F3S/c20-11-9-14(21)19(15(22)10-11)18-12-5-1-3-7-16(12)23-17-8-4-2-6-13(17)18/h1-10,18H. The maximum Gasteiger partial charge on any atom is 0.133 e. The zero-order chi connectivity index (χ0) is 16.0. The van der Waals surface area contributed by atoms with Gasteiger partial charge in [0, 0.05) is 33.4 Å². The summed E-state index contributed by atoms with van der Waals surface area (Å²) in [5.74, 6) is -3.20. The van der Waals surface area contributed by atoms with E-state index in [4.69, 9.17) is 0 Å². The maximum absolute atomic E-state index is 14.4. The Morgan fingerprint density at radius 1 is 0.696 bits per heavy atom. The highest BCUT2D eigenvalue weighted by Crippen LogP contribution is 2.49. The molecule has 0 amide bonds. The predicted octanol–water partition coefficient (Wildman–Crippen LogP) is 5.75. The monoisotopic (exact) mass is 328 g/mol. The Morgan fingerprint density at radius 3 is 1.70 bits per heavy atom. The quantitative estimate of drug-likeness (QED) is 0.429. The number of hydrogen-bond donors (Lipinski definition) is 0. The van der Waals surface area contributed by atoms with Gasteiger partial charge in [-0.2, -0.15) is 0 Å². The summed E-state index contributed by atoms with van der Waals surface area (Å²) in [5.41, 5.74) is 1.56. The van der Waals surface area contributed by atoms with Gasteiger partial charge in [0.2, 0.25) is 0 Å². The number of fused-ring (bicyclic) bond motifs is 2. The normalized spacial score (nSPS) is 13.5. The molecule has 0 atom stereocenters. The molecule has 4 heteroatoms. The number of benzene rings is 3. The lowest BCUT2D eigenvalue weighted by Crippen LogP contribution is -2.13. The summed E-state index contributed by atoms with van der Waals surface area (Å²) in [7, 11) is 0. The van der Waals surface area contributed by atoms with Crippen LogP contribution in [-0.2, 0) is 0 Å². The van der Waals surface area contributed by atoms with Gasteiger partial charge in [-0.05, 0) is 23.3 Å². The van der Waals surface area contributed by atoms with Crippen molar-refractivity contribution in [2.45, 2.75) is 15.7 Å². The van der Waals surface area contributed by atoms with Crippen molar-refractivity contribution in [3.05, 3.63) is 94.8 Å². The van der Waals surface area contributed by atoms with E-state index < -0.39 is 23.4 Å². The molecule has 114 valence electrons. The van der Waals surface area contributed by atoms with Crippen molar-refractivity contribution in [2.24, 2.45) is 0 Å². The van der Waals surface area contributed by atoms with Crippen LogP contribution in [0, 0.1) is 17.5 Å². The van der Waals surface area contributed by atoms with Crippen LogP contribution in [0.5, 0.6) is 0 Å². The van der Waals surface area contributed by atoms with Gasteiger partial charge in [-0.3, -0.25) is 0 Å². The largest absolute Gasteiger partial charge is 0.207 e. The Kier molecular flexibility index (Phi) is 3.42. The molecule has 0 N–H and O–H groups in total. The van der Waals surface area contributed by atoms with Gasteiger partial charge in [-0.25, -0.2) is 13.2 Å². The minimum atomic E-state index is -0.907. The second kappa shape index (κ2) is 5.46. The van der Waals surface area contributed by atoms with Gasteiger partial charge in [0.25, 0.3) is 0 Å². The molecule has 0 aliphatic carbocycles. The van der Waals surface area contributed by atoms with Gasteiger partial charge in [-0.15, -0.1) is 0 Å². The topological polar surface area (TPSA) is 0 Å². The number of rotatable bonds is 1. The van der Waals surface area contributed by atoms with Crippen LogP contribution >= 0.6 is 11.8 Å². The Balaban J connectivity index is 2.02. The van der Waals surface area contributed by atoms with Crippen molar-refractivity contribution >= 4 is 11.8 Å². The van der Waals surface area contributed by atoms with Crippen molar-refractivity contribution in [1.29, 1.82) is 0 Å². The molecule has 23 heavy (non-hydrogen) atoms. The van der Waals surface area contributed by atoms with Crippen LogP contribution in [-0.4, -0.2) is 0 Å². The van der Waals surface area contributed by atoms with Gasteiger partial charge >= 0.3 is 0 Å². The molecular weight excluding hydrogens is 317 g/mol. The highest BCUT2D eigenvalue weighted by Gasteiger charge is 2.31. The molecule has 0 unspecified atom stereocenters. The lowest BCUT2D eigenvalue weighted by molar-refractivity contribution is 0.519. The van der Waals surface area contributed by atoms with Crippen LogP contribution in [0.25, 0.3) is 0 Å². The van der Waals surface area contributed by atoms with Crippen molar-refractivity contribution in [1.82, 2.24) is 0 Å². The van der Waals surface area contributed by atoms with Crippen LogP contribution in [0.15, 0.2) is 70.5 Å². The summed E-state index contributed by atoms with van der Waals surface area (Å²) in [5, 5.41) is 0. The second-order valence-electron chi connectivity index (χ2n) is 5.39. The molecule has 4 rings (SSSR count). The lowest BCUT2D eigenvalue weighted by atomic mass is 9.84. The molecule has 0 aromatic heterocycles. The Morgan fingerprint density at radius 2 is 1.17 bits per heavy atom. The first-order chi connectivity index (χ1) is 11.1. The summed E-state index contributed by atoms with van der Waals surface area (Å²) in [6.07, 6.45) is 0.